The second-order valence-corrected chi connectivity index (χ2v) is 5.27. The molecule has 1 unspecified atom stereocenters. The van der Waals surface area contributed by atoms with Gasteiger partial charge in [0.15, 0.2) is 0 Å². The number of nitrogens with one attached hydrogen (secondary N) is 2. The molecule has 0 spiro atoms. The number of nitrogens with zero attached hydrogens (tertiary/aromatic N) is 1. The third-order valence-electron chi connectivity index (χ3n) is 3.77. The summed E-state index contributed by atoms with van der Waals surface area (Å²) in [5.74, 6) is 0.566. The second kappa shape index (κ2) is 4.61. The Bertz CT molecular complexity index is 605. The summed E-state index contributed by atoms with van der Waals surface area (Å²) >= 11 is 0. The number of aryl methyl sites for hydroxylation is 1. The van der Waals surface area contributed by atoms with E-state index in [4.69, 9.17) is 0 Å². The van der Waals surface area contributed by atoms with Crippen LogP contribution in [0.1, 0.15) is 18.4 Å². The lowest BCUT2D eigenvalue weighted by Crippen LogP contribution is -2.34. The van der Waals surface area contributed by atoms with Gasteiger partial charge in [-0.15, -0.1) is 0 Å². The summed E-state index contributed by atoms with van der Waals surface area (Å²) in [6, 6.07) is 6.14. The molecule has 1 fully saturated rings. The average molecular weight is 245 g/mol. The van der Waals surface area contributed by atoms with E-state index in [0.717, 1.165) is 30.7 Å². The Morgan fingerprint density at radius 1 is 1.44 bits per heavy atom. The molecule has 96 valence electrons. The summed E-state index contributed by atoms with van der Waals surface area (Å²) in [5, 5.41) is 3.40. The molecule has 0 amide bonds. The summed E-state index contributed by atoms with van der Waals surface area (Å²) < 4.78 is 1.88. The van der Waals surface area contributed by atoms with E-state index >= 15 is 0 Å². The van der Waals surface area contributed by atoms with Crippen molar-refractivity contribution in [2.45, 2.75) is 26.3 Å². The fourth-order valence-electron chi connectivity index (χ4n) is 2.80. The SMILES string of the molecule is Cc1ccc2c(c1)[nH]c(=O)n2CC1CCCNC1. The highest BCUT2D eigenvalue weighted by atomic mass is 16.1. The number of rotatable bonds is 2. The Morgan fingerprint density at radius 3 is 3.11 bits per heavy atom. The number of piperidine rings is 1. The molecule has 1 atom stereocenters. The molecule has 1 aromatic heterocycles. The van der Waals surface area contributed by atoms with Crippen LogP contribution in [0.2, 0.25) is 0 Å². The van der Waals surface area contributed by atoms with Crippen LogP contribution in [0, 0.1) is 12.8 Å². The Hall–Kier alpha value is -1.55. The molecule has 0 saturated carbocycles. The monoisotopic (exact) mass is 245 g/mol. The molecule has 1 aliphatic heterocycles. The summed E-state index contributed by atoms with van der Waals surface area (Å²) in [6.45, 7) is 4.98. The van der Waals surface area contributed by atoms with Crippen molar-refractivity contribution in [1.82, 2.24) is 14.9 Å². The topological polar surface area (TPSA) is 49.8 Å². The number of imidazole rings is 1. The number of fused-ring (bicyclic) bond motifs is 1. The van der Waals surface area contributed by atoms with Gasteiger partial charge in [0.25, 0.3) is 0 Å². The first kappa shape index (κ1) is 11.5. The number of benzene rings is 1. The molecular weight excluding hydrogens is 226 g/mol. The standard InChI is InChI=1S/C14H19N3O/c1-10-4-5-13-12(7-10)16-14(18)17(13)9-11-3-2-6-15-8-11/h4-5,7,11,15H,2-3,6,8-9H2,1H3,(H,16,18). The highest BCUT2D eigenvalue weighted by Crippen LogP contribution is 2.16. The summed E-state index contributed by atoms with van der Waals surface area (Å²) in [4.78, 5) is 15.0. The quantitative estimate of drug-likeness (QED) is 0.845. The Morgan fingerprint density at radius 2 is 2.33 bits per heavy atom. The van der Waals surface area contributed by atoms with Crippen molar-refractivity contribution in [3.8, 4) is 0 Å². The van der Waals surface area contributed by atoms with Crippen LogP contribution in [-0.4, -0.2) is 22.6 Å². The van der Waals surface area contributed by atoms with Gasteiger partial charge >= 0.3 is 5.69 Å². The smallest absolute Gasteiger partial charge is 0.316 e. The minimum atomic E-state index is 0.0150. The van der Waals surface area contributed by atoms with Gasteiger partial charge in [0.2, 0.25) is 0 Å². The summed E-state index contributed by atoms with van der Waals surface area (Å²) in [5.41, 5.74) is 3.16. The maximum absolute atomic E-state index is 12.0. The number of H-pyrrole nitrogens is 1. The van der Waals surface area contributed by atoms with E-state index in [1.165, 1.54) is 18.4 Å². The molecule has 4 nitrogen and oxygen atoms in total. The third kappa shape index (κ3) is 2.08. The van der Waals surface area contributed by atoms with Crippen molar-refractivity contribution in [2.75, 3.05) is 13.1 Å². The van der Waals surface area contributed by atoms with Crippen molar-refractivity contribution < 1.29 is 0 Å². The lowest BCUT2D eigenvalue weighted by Gasteiger charge is -2.22. The Labute approximate surface area is 106 Å². The molecule has 1 aliphatic rings. The predicted molar refractivity (Wildman–Crippen MR) is 72.9 cm³/mol. The molecule has 2 aromatic rings. The van der Waals surface area contributed by atoms with E-state index in [1.807, 2.05) is 23.6 Å². The second-order valence-electron chi connectivity index (χ2n) is 5.27. The van der Waals surface area contributed by atoms with E-state index in [0.29, 0.717) is 5.92 Å². The number of aromatic nitrogens is 2. The van der Waals surface area contributed by atoms with Gasteiger partial charge in [-0.2, -0.15) is 0 Å². The lowest BCUT2D eigenvalue weighted by molar-refractivity contribution is 0.337. The van der Waals surface area contributed by atoms with Crippen LogP contribution in [0.5, 0.6) is 0 Å². The van der Waals surface area contributed by atoms with Crippen molar-refractivity contribution in [1.29, 1.82) is 0 Å². The highest BCUT2D eigenvalue weighted by Gasteiger charge is 2.16. The van der Waals surface area contributed by atoms with E-state index in [9.17, 15) is 4.79 Å². The van der Waals surface area contributed by atoms with Gasteiger partial charge in [-0.1, -0.05) is 6.07 Å². The summed E-state index contributed by atoms with van der Waals surface area (Å²) in [7, 11) is 0. The van der Waals surface area contributed by atoms with Gasteiger partial charge < -0.3 is 10.3 Å². The number of aromatic amines is 1. The molecule has 0 aliphatic carbocycles. The normalized spacial score (nSPS) is 20.4. The largest absolute Gasteiger partial charge is 0.326 e. The Balaban J connectivity index is 1.95. The van der Waals surface area contributed by atoms with Crippen molar-refractivity contribution in [3.63, 3.8) is 0 Å². The van der Waals surface area contributed by atoms with Crippen LogP contribution in [0.3, 0.4) is 0 Å². The highest BCUT2D eigenvalue weighted by molar-refractivity contribution is 5.75. The van der Waals surface area contributed by atoms with Gasteiger partial charge in [0.1, 0.15) is 0 Å². The summed E-state index contributed by atoms with van der Waals surface area (Å²) in [6.07, 6.45) is 2.42. The molecule has 2 heterocycles. The maximum atomic E-state index is 12.0. The lowest BCUT2D eigenvalue weighted by atomic mass is 9.99. The van der Waals surface area contributed by atoms with Gasteiger partial charge in [0.05, 0.1) is 11.0 Å². The molecule has 3 rings (SSSR count). The number of hydrogen-bond acceptors (Lipinski definition) is 2. The fraction of sp³-hybridized carbons (Fsp3) is 0.500. The van der Waals surface area contributed by atoms with Crippen LogP contribution in [0.25, 0.3) is 11.0 Å². The van der Waals surface area contributed by atoms with E-state index in [-0.39, 0.29) is 5.69 Å². The maximum Gasteiger partial charge on any atom is 0.326 e. The molecule has 4 heteroatoms. The zero-order valence-electron chi connectivity index (χ0n) is 10.7. The average Bonchev–Trinajstić information content (AvgIpc) is 2.66. The fourth-order valence-corrected chi connectivity index (χ4v) is 2.80. The molecule has 0 bridgehead atoms. The molecule has 18 heavy (non-hydrogen) atoms. The molecule has 0 radical (unpaired) electrons. The Kier molecular flexibility index (Phi) is 2.96. The first-order valence-corrected chi connectivity index (χ1v) is 6.64. The van der Waals surface area contributed by atoms with Crippen LogP contribution in [0.15, 0.2) is 23.0 Å². The third-order valence-corrected chi connectivity index (χ3v) is 3.77. The minimum Gasteiger partial charge on any atom is -0.316 e. The van der Waals surface area contributed by atoms with Gasteiger partial charge in [-0.05, 0) is 56.5 Å². The van der Waals surface area contributed by atoms with Gasteiger partial charge in [0, 0.05) is 6.54 Å². The van der Waals surface area contributed by atoms with Crippen LogP contribution < -0.4 is 11.0 Å². The van der Waals surface area contributed by atoms with Gasteiger partial charge in [-0.3, -0.25) is 4.57 Å². The molecule has 1 aromatic carbocycles. The molecule has 1 saturated heterocycles. The number of hydrogen-bond donors (Lipinski definition) is 2. The van der Waals surface area contributed by atoms with Gasteiger partial charge in [-0.25, -0.2) is 4.79 Å². The molecule has 2 N–H and O–H groups in total. The van der Waals surface area contributed by atoms with Crippen LogP contribution >= 0.6 is 0 Å². The van der Waals surface area contributed by atoms with Crippen molar-refractivity contribution in [3.05, 3.63) is 34.2 Å². The van der Waals surface area contributed by atoms with E-state index in [2.05, 4.69) is 16.4 Å². The zero-order valence-corrected chi connectivity index (χ0v) is 10.7. The van der Waals surface area contributed by atoms with Crippen LogP contribution in [0.4, 0.5) is 0 Å². The van der Waals surface area contributed by atoms with E-state index in [1.54, 1.807) is 0 Å². The van der Waals surface area contributed by atoms with E-state index < -0.39 is 0 Å². The van der Waals surface area contributed by atoms with Crippen LogP contribution in [-0.2, 0) is 6.54 Å². The first-order valence-electron chi connectivity index (χ1n) is 6.64. The zero-order chi connectivity index (χ0) is 12.5. The first-order chi connectivity index (χ1) is 8.74. The predicted octanol–water partition coefficient (Wildman–Crippen LogP) is 1.64. The van der Waals surface area contributed by atoms with Crippen molar-refractivity contribution >= 4 is 11.0 Å². The van der Waals surface area contributed by atoms with Crippen molar-refractivity contribution in [2.24, 2.45) is 5.92 Å². The minimum absolute atomic E-state index is 0.0150. The molecular formula is C14H19N3O.